The van der Waals surface area contributed by atoms with Crippen LogP contribution in [-0.2, 0) is 6.54 Å². The lowest BCUT2D eigenvalue weighted by Crippen LogP contribution is -2.20. The summed E-state index contributed by atoms with van der Waals surface area (Å²) in [7, 11) is 0. The second-order valence-corrected chi connectivity index (χ2v) is 4.49. The second kappa shape index (κ2) is 4.70. The maximum absolute atomic E-state index is 11.9. The summed E-state index contributed by atoms with van der Waals surface area (Å²) >= 11 is 0. The van der Waals surface area contributed by atoms with E-state index in [4.69, 9.17) is 0 Å². The molecule has 0 unspecified atom stereocenters. The summed E-state index contributed by atoms with van der Waals surface area (Å²) in [5, 5.41) is 1.08. The number of hydrogen-bond donors (Lipinski definition) is 0. The molecule has 0 aliphatic carbocycles. The number of rotatable bonds is 3. The van der Waals surface area contributed by atoms with E-state index in [9.17, 15) is 4.79 Å². The normalized spacial score (nSPS) is 11.0. The molecule has 0 spiro atoms. The Balaban J connectivity index is 2.71. The van der Waals surface area contributed by atoms with Crippen LogP contribution in [0.2, 0.25) is 0 Å². The van der Waals surface area contributed by atoms with Gasteiger partial charge in [0.25, 0.3) is 5.56 Å². The maximum Gasteiger partial charge on any atom is 0.252 e. The molecule has 0 atom stereocenters. The van der Waals surface area contributed by atoms with Crippen LogP contribution in [0.5, 0.6) is 0 Å². The van der Waals surface area contributed by atoms with Crippen molar-refractivity contribution in [2.45, 2.75) is 40.2 Å². The molecular formula is C14H18N2O. The van der Waals surface area contributed by atoms with E-state index < -0.39 is 0 Å². The minimum Gasteiger partial charge on any atom is -0.293 e. The molecule has 0 amide bonds. The van der Waals surface area contributed by atoms with E-state index in [0.29, 0.717) is 0 Å². The van der Waals surface area contributed by atoms with Crippen molar-refractivity contribution < 1.29 is 0 Å². The van der Waals surface area contributed by atoms with Crippen LogP contribution in [0.3, 0.4) is 0 Å². The predicted molar refractivity (Wildman–Crippen MR) is 70.4 cm³/mol. The molecule has 2 aromatic rings. The fraction of sp³-hybridized carbons (Fsp3) is 0.429. The number of fused-ring (bicyclic) bond motifs is 1. The van der Waals surface area contributed by atoms with E-state index in [1.807, 2.05) is 13.0 Å². The summed E-state index contributed by atoms with van der Waals surface area (Å²) in [6, 6.07) is 5.57. The Morgan fingerprint density at radius 1 is 1.29 bits per heavy atom. The van der Waals surface area contributed by atoms with E-state index in [0.717, 1.165) is 36.1 Å². The lowest BCUT2D eigenvalue weighted by Gasteiger charge is -2.10. The van der Waals surface area contributed by atoms with Crippen LogP contribution in [0.25, 0.3) is 11.0 Å². The molecule has 0 fully saturated rings. The highest BCUT2D eigenvalue weighted by atomic mass is 16.1. The molecule has 0 aromatic carbocycles. The molecular weight excluding hydrogens is 212 g/mol. The first-order chi connectivity index (χ1) is 8.13. The molecule has 0 saturated heterocycles. The molecule has 3 heteroatoms. The van der Waals surface area contributed by atoms with Gasteiger partial charge >= 0.3 is 0 Å². The van der Waals surface area contributed by atoms with Gasteiger partial charge in [0, 0.05) is 23.7 Å². The third-order valence-corrected chi connectivity index (χ3v) is 3.02. The first-order valence-electron chi connectivity index (χ1n) is 6.11. The van der Waals surface area contributed by atoms with Crippen molar-refractivity contribution in [2.24, 2.45) is 0 Å². The van der Waals surface area contributed by atoms with Crippen molar-refractivity contribution in [3.8, 4) is 0 Å². The molecule has 0 aliphatic rings. The van der Waals surface area contributed by atoms with Crippen LogP contribution in [0.15, 0.2) is 23.0 Å². The van der Waals surface area contributed by atoms with Crippen molar-refractivity contribution in [1.82, 2.24) is 9.55 Å². The molecule has 2 heterocycles. The summed E-state index contributed by atoms with van der Waals surface area (Å²) in [5.74, 6) is 0. The van der Waals surface area contributed by atoms with E-state index in [-0.39, 0.29) is 5.56 Å². The van der Waals surface area contributed by atoms with Gasteiger partial charge in [-0.2, -0.15) is 0 Å². The number of aryl methyl sites for hydroxylation is 3. The lowest BCUT2D eigenvalue weighted by atomic mass is 10.1. The summed E-state index contributed by atoms with van der Waals surface area (Å²) < 4.78 is 1.79. The summed E-state index contributed by atoms with van der Waals surface area (Å²) in [4.78, 5) is 16.4. The van der Waals surface area contributed by atoms with Crippen molar-refractivity contribution in [3.05, 3.63) is 39.8 Å². The number of nitrogens with zero attached hydrogens (tertiary/aromatic N) is 2. The van der Waals surface area contributed by atoms with Gasteiger partial charge in [-0.3, -0.25) is 9.36 Å². The summed E-state index contributed by atoms with van der Waals surface area (Å²) in [5.41, 5.74) is 3.01. The molecule has 3 nitrogen and oxygen atoms in total. The fourth-order valence-electron chi connectivity index (χ4n) is 2.12. The van der Waals surface area contributed by atoms with Gasteiger partial charge in [-0.15, -0.1) is 0 Å². The van der Waals surface area contributed by atoms with Crippen molar-refractivity contribution >= 4 is 11.0 Å². The average molecular weight is 230 g/mol. The highest BCUT2D eigenvalue weighted by molar-refractivity contribution is 5.79. The van der Waals surface area contributed by atoms with Crippen molar-refractivity contribution in [1.29, 1.82) is 0 Å². The number of hydrogen-bond acceptors (Lipinski definition) is 2. The van der Waals surface area contributed by atoms with E-state index in [1.165, 1.54) is 5.56 Å². The molecule has 0 N–H and O–H groups in total. The zero-order valence-corrected chi connectivity index (χ0v) is 10.7. The number of unbranched alkanes of at least 4 members (excludes halogenated alkanes) is 1. The smallest absolute Gasteiger partial charge is 0.252 e. The second-order valence-electron chi connectivity index (χ2n) is 4.49. The van der Waals surface area contributed by atoms with Crippen LogP contribution in [-0.4, -0.2) is 9.55 Å². The Kier molecular flexibility index (Phi) is 3.27. The van der Waals surface area contributed by atoms with E-state index in [1.54, 1.807) is 10.6 Å². The van der Waals surface area contributed by atoms with Crippen LogP contribution < -0.4 is 5.56 Å². The fourth-order valence-corrected chi connectivity index (χ4v) is 2.12. The van der Waals surface area contributed by atoms with Gasteiger partial charge in [-0.1, -0.05) is 13.3 Å². The van der Waals surface area contributed by atoms with Gasteiger partial charge in [-0.25, -0.2) is 4.98 Å². The summed E-state index contributed by atoms with van der Waals surface area (Å²) in [6.45, 7) is 6.91. The monoisotopic (exact) mass is 230 g/mol. The number of pyridine rings is 2. The predicted octanol–water partition coefficient (Wildman–Crippen LogP) is 2.81. The standard InChI is InChI=1S/C14H18N2O/c1-4-5-8-16-13(17)7-6-12-10(2)9-11(3)15-14(12)16/h6-7,9H,4-5,8H2,1-3H3. The van der Waals surface area contributed by atoms with Gasteiger partial charge in [0.2, 0.25) is 0 Å². The minimum absolute atomic E-state index is 0.0449. The molecule has 0 aliphatic heterocycles. The molecule has 2 rings (SSSR count). The first kappa shape index (κ1) is 11.8. The largest absolute Gasteiger partial charge is 0.293 e. The van der Waals surface area contributed by atoms with Crippen LogP contribution >= 0.6 is 0 Å². The van der Waals surface area contributed by atoms with Gasteiger partial charge in [0.15, 0.2) is 0 Å². The average Bonchev–Trinajstić information content (AvgIpc) is 2.27. The zero-order chi connectivity index (χ0) is 12.4. The molecule has 90 valence electrons. The third-order valence-electron chi connectivity index (χ3n) is 3.02. The molecule has 0 saturated carbocycles. The van der Waals surface area contributed by atoms with Crippen LogP contribution in [0, 0.1) is 13.8 Å². The van der Waals surface area contributed by atoms with Crippen LogP contribution in [0.4, 0.5) is 0 Å². The van der Waals surface area contributed by atoms with Gasteiger partial charge < -0.3 is 0 Å². The van der Waals surface area contributed by atoms with Gasteiger partial charge in [0.05, 0.1) is 0 Å². The first-order valence-corrected chi connectivity index (χ1v) is 6.11. The maximum atomic E-state index is 11.9. The molecule has 0 bridgehead atoms. The quantitative estimate of drug-likeness (QED) is 0.812. The zero-order valence-electron chi connectivity index (χ0n) is 10.7. The van der Waals surface area contributed by atoms with Crippen LogP contribution in [0.1, 0.15) is 31.0 Å². The minimum atomic E-state index is 0.0449. The Morgan fingerprint density at radius 3 is 2.76 bits per heavy atom. The summed E-state index contributed by atoms with van der Waals surface area (Å²) in [6.07, 6.45) is 2.08. The SMILES string of the molecule is CCCCn1c(=O)ccc2c(C)cc(C)nc21. The molecule has 0 radical (unpaired) electrons. The Bertz CT molecular complexity index is 599. The third kappa shape index (κ3) is 2.23. The van der Waals surface area contributed by atoms with Crippen molar-refractivity contribution in [2.75, 3.05) is 0 Å². The number of aromatic nitrogens is 2. The Labute approximate surface area is 101 Å². The Hall–Kier alpha value is -1.64. The Morgan fingerprint density at radius 2 is 2.06 bits per heavy atom. The van der Waals surface area contributed by atoms with E-state index in [2.05, 4.69) is 24.9 Å². The topological polar surface area (TPSA) is 34.9 Å². The van der Waals surface area contributed by atoms with E-state index >= 15 is 0 Å². The van der Waals surface area contributed by atoms with Gasteiger partial charge in [0.1, 0.15) is 5.65 Å². The highest BCUT2D eigenvalue weighted by Crippen LogP contribution is 2.16. The lowest BCUT2D eigenvalue weighted by molar-refractivity contribution is 0.626. The van der Waals surface area contributed by atoms with Crippen molar-refractivity contribution in [3.63, 3.8) is 0 Å². The molecule has 2 aromatic heterocycles. The van der Waals surface area contributed by atoms with Gasteiger partial charge in [-0.05, 0) is 38.0 Å². The molecule has 17 heavy (non-hydrogen) atoms. The highest BCUT2D eigenvalue weighted by Gasteiger charge is 2.06.